The van der Waals surface area contributed by atoms with Crippen LogP contribution in [0.5, 0.6) is 0 Å². The summed E-state index contributed by atoms with van der Waals surface area (Å²) >= 11 is 0. The van der Waals surface area contributed by atoms with Gasteiger partial charge in [-0.15, -0.1) is 0 Å². The van der Waals surface area contributed by atoms with E-state index in [1.165, 1.54) is 0 Å². The average molecular weight is 211 g/mol. The summed E-state index contributed by atoms with van der Waals surface area (Å²) in [5.41, 5.74) is 0.106. The molecule has 0 saturated heterocycles. The van der Waals surface area contributed by atoms with Crippen LogP contribution in [-0.2, 0) is 6.54 Å². The van der Waals surface area contributed by atoms with Gasteiger partial charge in [-0.25, -0.2) is 4.79 Å². The monoisotopic (exact) mass is 211 g/mol. The van der Waals surface area contributed by atoms with Crippen molar-refractivity contribution in [2.45, 2.75) is 39.3 Å². The summed E-state index contributed by atoms with van der Waals surface area (Å²) in [7, 11) is 1.95. The smallest absolute Gasteiger partial charge is 0.320 e. The fourth-order valence-corrected chi connectivity index (χ4v) is 1.58. The zero-order valence-corrected chi connectivity index (χ0v) is 9.86. The van der Waals surface area contributed by atoms with Crippen LogP contribution < -0.4 is 11.0 Å². The highest BCUT2D eigenvalue weighted by molar-refractivity contribution is 4.83. The second-order valence-corrected chi connectivity index (χ2v) is 4.09. The van der Waals surface area contributed by atoms with Crippen LogP contribution in [0.2, 0.25) is 0 Å². The molecule has 4 nitrogen and oxygen atoms in total. The van der Waals surface area contributed by atoms with Crippen LogP contribution in [0.1, 0.15) is 32.7 Å². The van der Waals surface area contributed by atoms with E-state index in [9.17, 15) is 4.79 Å². The highest BCUT2D eigenvalue weighted by atomic mass is 16.1. The van der Waals surface area contributed by atoms with E-state index >= 15 is 0 Å². The van der Waals surface area contributed by atoms with Crippen molar-refractivity contribution < 1.29 is 0 Å². The summed E-state index contributed by atoms with van der Waals surface area (Å²) in [5.74, 6) is 0. The first kappa shape index (κ1) is 12.0. The zero-order chi connectivity index (χ0) is 11.3. The number of nitrogens with zero attached hydrogens (tertiary/aromatic N) is 2. The van der Waals surface area contributed by atoms with Gasteiger partial charge in [0, 0.05) is 25.0 Å². The molecule has 1 N–H and O–H groups in total. The Kier molecular flexibility index (Phi) is 4.62. The molecule has 0 spiro atoms. The van der Waals surface area contributed by atoms with E-state index < -0.39 is 0 Å². The normalized spacial score (nSPS) is 11.2. The fourth-order valence-electron chi connectivity index (χ4n) is 1.58. The van der Waals surface area contributed by atoms with Crippen molar-refractivity contribution in [1.29, 1.82) is 0 Å². The minimum Gasteiger partial charge on any atom is -0.320 e. The summed E-state index contributed by atoms with van der Waals surface area (Å²) in [4.78, 5) is 11.8. The lowest BCUT2D eigenvalue weighted by molar-refractivity contribution is 0.531. The van der Waals surface area contributed by atoms with Crippen LogP contribution >= 0.6 is 0 Å². The van der Waals surface area contributed by atoms with Crippen molar-refractivity contribution in [1.82, 2.24) is 14.5 Å². The first-order chi connectivity index (χ1) is 7.16. The summed E-state index contributed by atoms with van der Waals surface area (Å²) in [5, 5.41) is 3.10. The third-order valence-electron chi connectivity index (χ3n) is 2.51. The minimum atomic E-state index is 0.106. The van der Waals surface area contributed by atoms with Crippen molar-refractivity contribution in [3.63, 3.8) is 0 Å². The number of aryl methyl sites for hydroxylation is 1. The highest BCUT2D eigenvalue weighted by Gasteiger charge is 2.04. The van der Waals surface area contributed by atoms with Gasteiger partial charge < -0.3 is 5.32 Å². The number of imidazole rings is 1. The number of hydrogen-bond donors (Lipinski definition) is 1. The number of rotatable bonds is 6. The molecule has 0 bridgehead atoms. The highest BCUT2D eigenvalue weighted by Crippen LogP contribution is 2.00. The van der Waals surface area contributed by atoms with Gasteiger partial charge in [-0.2, -0.15) is 0 Å². The van der Waals surface area contributed by atoms with Gasteiger partial charge >= 0.3 is 5.69 Å². The predicted octanol–water partition coefficient (Wildman–Crippen LogP) is 1.23. The van der Waals surface area contributed by atoms with E-state index in [0.717, 1.165) is 25.9 Å². The Morgan fingerprint density at radius 1 is 1.33 bits per heavy atom. The Hall–Kier alpha value is -1.03. The molecule has 0 aliphatic rings. The topological polar surface area (TPSA) is 39.0 Å². The first-order valence-electron chi connectivity index (χ1n) is 5.58. The molecule has 0 unspecified atom stereocenters. The van der Waals surface area contributed by atoms with Gasteiger partial charge in [0.25, 0.3) is 0 Å². The Labute approximate surface area is 90.9 Å². The summed E-state index contributed by atoms with van der Waals surface area (Å²) in [6.45, 7) is 5.87. The average Bonchev–Trinajstić information content (AvgIpc) is 2.55. The van der Waals surface area contributed by atoms with Crippen molar-refractivity contribution >= 4 is 0 Å². The molecule has 0 fully saturated rings. The zero-order valence-electron chi connectivity index (χ0n) is 9.86. The van der Waals surface area contributed by atoms with E-state index in [1.54, 1.807) is 9.13 Å². The largest absolute Gasteiger partial charge is 0.328 e. The molecule has 86 valence electrons. The SMILES string of the molecule is CNCCCCn1ccn(C(C)C)c1=O. The maximum atomic E-state index is 11.8. The van der Waals surface area contributed by atoms with Crippen LogP contribution in [0.15, 0.2) is 17.2 Å². The van der Waals surface area contributed by atoms with Crippen LogP contribution in [0.3, 0.4) is 0 Å². The van der Waals surface area contributed by atoms with Gasteiger partial charge in [-0.05, 0) is 40.3 Å². The Bertz CT molecular complexity index is 338. The van der Waals surface area contributed by atoms with Gasteiger partial charge in [0.2, 0.25) is 0 Å². The van der Waals surface area contributed by atoms with E-state index in [0.29, 0.717) is 0 Å². The molecule has 1 aromatic rings. The van der Waals surface area contributed by atoms with Gasteiger partial charge in [-0.3, -0.25) is 9.13 Å². The minimum absolute atomic E-state index is 0.106. The molecule has 0 atom stereocenters. The molecule has 1 heterocycles. The van der Waals surface area contributed by atoms with Gasteiger partial charge in [0.1, 0.15) is 0 Å². The lowest BCUT2D eigenvalue weighted by Crippen LogP contribution is -2.25. The third kappa shape index (κ3) is 3.23. The second-order valence-electron chi connectivity index (χ2n) is 4.09. The summed E-state index contributed by atoms with van der Waals surface area (Å²) < 4.78 is 3.55. The van der Waals surface area contributed by atoms with E-state index in [-0.39, 0.29) is 11.7 Å². The molecule has 0 aliphatic heterocycles. The van der Waals surface area contributed by atoms with Gasteiger partial charge in [0.05, 0.1) is 0 Å². The standard InChI is InChI=1S/C11H21N3O/c1-10(2)14-9-8-13(11(14)15)7-5-4-6-12-3/h8-10,12H,4-7H2,1-3H3. The third-order valence-corrected chi connectivity index (χ3v) is 2.51. The molecule has 0 radical (unpaired) electrons. The number of aromatic nitrogens is 2. The van der Waals surface area contributed by atoms with Crippen molar-refractivity contribution in [2.75, 3.05) is 13.6 Å². The number of unbranched alkanes of at least 4 members (excludes halogenated alkanes) is 1. The van der Waals surface area contributed by atoms with Crippen molar-refractivity contribution in [3.05, 3.63) is 22.9 Å². The van der Waals surface area contributed by atoms with E-state index in [2.05, 4.69) is 5.32 Å². The predicted molar refractivity (Wildman–Crippen MR) is 62.2 cm³/mol. The van der Waals surface area contributed by atoms with E-state index in [1.807, 2.05) is 33.3 Å². The summed E-state index contributed by atoms with van der Waals surface area (Å²) in [6, 6.07) is 0.246. The molecule has 0 amide bonds. The Morgan fingerprint density at radius 3 is 2.60 bits per heavy atom. The fraction of sp³-hybridized carbons (Fsp3) is 0.727. The van der Waals surface area contributed by atoms with Crippen LogP contribution in [0.4, 0.5) is 0 Å². The molecule has 1 rings (SSSR count). The second kappa shape index (κ2) is 5.75. The summed E-state index contributed by atoms with van der Waals surface area (Å²) in [6.07, 6.45) is 5.89. The molecular weight excluding hydrogens is 190 g/mol. The maximum Gasteiger partial charge on any atom is 0.328 e. The Morgan fingerprint density at radius 2 is 2.07 bits per heavy atom. The van der Waals surface area contributed by atoms with Gasteiger partial charge in [-0.1, -0.05) is 0 Å². The molecule has 15 heavy (non-hydrogen) atoms. The molecule has 1 aromatic heterocycles. The van der Waals surface area contributed by atoms with Crippen molar-refractivity contribution in [3.8, 4) is 0 Å². The molecule has 4 heteroatoms. The van der Waals surface area contributed by atoms with Crippen LogP contribution in [0, 0.1) is 0 Å². The number of hydrogen-bond acceptors (Lipinski definition) is 2. The molecule has 0 saturated carbocycles. The molecule has 0 aromatic carbocycles. The maximum absolute atomic E-state index is 11.8. The van der Waals surface area contributed by atoms with Crippen molar-refractivity contribution in [2.24, 2.45) is 0 Å². The van der Waals surface area contributed by atoms with Crippen LogP contribution in [0.25, 0.3) is 0 Å². The lowest BCUT2D eigenvalue weighted by atomic mass is 10.3. The first-order valence-corrected chi connectivity index (χ1v) is 5.58. The van der Waals surface area contributed by atoms with E-state index in [4.69, 9.17) is 0 Å². The molecular formula is C11H21N3O. The quantitative estimate of drug-likeness (QED) is 0.719. The lowest BCUT2D eigenvalue weighted by Gasteiger charge is -2.04. The van der Waals surface area contributed by atoms with Gasteiger partial charge in [0.15, 0.2) is 0 Å². The van der Waals surface area contributed by atoms with Crippen LogP contribution in [-0.4, -0.2) is 22.7 Å². The Balaban J connectivity index is 2.52. The number of nitrogens with one attached hydrogen (secondary N) is 1. The molecule has 0 aliphatic carbocycles.